The molecule has 23 heavy (non-hydrogen) atoms. The van der Waals surface area contributed by atoms with Gasteiger partial charge in [-0.15, -0.1) is 0 Å². The van der Waals surface area contributed by atoms with Crippen LogP contribution < -0.4 is 5.32 Å². The Morgan fingerprint density at radius 3 is 2.65 bits per heavy atom. The second kappa shape index (κ2) is 4.93. The summed E-state index contributed by atoms with van der Waals surface area (Å²) >= 11 is 0. The molecule has 0 aromatic carbocycles. The van der Waals surface area contributed by atoms with Crippen LogP contribution in [-0.2, 0) is 7.05 Å². The van der Waals surface area contributed by atoms with E-state index < -0.39 is 0 Å². The molecule has 5 rings (SSSR count). The number of hydrogen-bond acceptors (Lipinski definition) is 3. The summed E-state index contributed by atoms with van der Waals surface area (Å²) in [6, 6.07) is 4.52. The Labute approximate surface area is 135 Å². The number of hydrogen-bond donors (Lipinski definition) is 1. The van der Waals surface area contributed by atoms with Crippen molar-refractivity contribution in [3.05, 3.63) is 42.5 Å². The largest absolute Gasteiger partial charge is 0.316 e. The Hall–Kier alpha value is -2.14. The van der Waals surface area contributed by atoms with Gasteiger partial charge in [0.25, 0.3) is 0 Å². The number of aromatic nitrogens is 4. The van der Waals surface area contributed by atoms with E-state index in [2.05, 4.69) is 40.0 Å². The Kier molecular flexibility index (Phi) is 2.85. The predicted molar refractivity (Wildman–Crippen MR) is 89.2 cm³/mol. The molecule has 5 nitrogen and oxygen atoms in total. The molecule has 0 unspecified atom stereocenters. The zero-order valence-electron chi connectivity index (χ0n) is 13.3. The maximum atomic E-state index is 4.49. The molecule has 0 spiro atoms. The smallest absolute Gasteiger partial charge is 0.0696 e. The second-order valence-corrected chi connectivity index (χ2v) is 7.09. The van der Waals surface area contributed by atoms with Crippen LogP contribution in [0.3, 0.4) is 0 Å². The highest BCUT2D eigenvalue weighted by Gasteiger charge is 2.38. The average Bonchev–Trinajstić information content (AvgIpc) is 3.29. The Morgan fingerprint density at radius 2 is 1.91 bits per heavy atom. The summed E-state index contributed by atoms with van der Waals surface area (Å²) in [6.45, 7) is 2.39. The fourth-order valence-electron chi connectivity index (χ4n) is 4.53. The van der Waals surface area contributed by atoms with Crippen molar-refractivity contribution < 1.29 is 0 Å². The van der Waals surface area contributed by atoms with Crippen LogP contribution >= 0.6 is 0 Å². The molecule has 3 aromatic rings. The number of nitrogens with one attached hydrogen (secondary N) is 1. The molecule has 3 aromatic heterocycles. The molecule has 0 bridgehead atoms. The van der Waals surface area contributed by atoms with Crippen LogP contribution in [0, 0.1) is 11.8 Å². The van der Waals surface area contributed by atoms with Crippen molar-refractivity contribution in [2.45, 2.75) is 18.8 Å². The van der Waals surface area contributed by atoms with Gasteiger partial charge in [0.2, 0.25) is 0 Å². The summed E-state index contributed by atoms with van der Waals surface area (Å²) in [7, 11) is 1.96. The number of rotatable bonds is 2. The molecule has 0 radical (unpaired) electrons. The highest BCUT2D eigenvalue weighted by Crippen LogP contribution is 2.45. The van der Waals surface area contributed by atoms with E-state index in [0.717, 1.165) is 17.4 Å². The number of nitrogens with zero attached hydrogens (tertiary/aromatic N) is 4. The molecule has 1 saturated carbocycles. The van der Waals surface area contributed by atoms with Crippen LogP contribution in [0.4, 0.5) is 0 Å². The third-order valence-corrected chi connectivity index (χ3v) is 5.67. The predicted octanol–water partition coefficient (Wildman–Crippen LogP) is 2.45. The van der Waals surface area contributed by atoms with Gasteiger partial charge in [-0.2, -0.15) is 10.2 Å². The lowest BCUT2D eigenvalue weighted by molar-refractivity contribution is 0.494. The van der Waals surface area contributed by atoms with Crippen LogP contribution in [0.25, 0.3) is 16.6 Å². The minimum Gasteiger partial charge on any atom is -0.316 e. The van der Waals surface area contributed by atoms with Gasteiger partial charge in [-0.05, 0) is 61.4 Å². The standard InChI is InChI=1S/C18H21N5/c1-22-10-16(9-21-22)15-6-17(18-2-3-20-23(18)11-15)12-4-13-7-19-8-14(13)5-12/h2-3,6,9-14,19H,4-5,7-8H2,1H3/t12-,13-,14+. The molecule has 2 aliphatic rings. The normalized spacial score (nSPS) is 26.9. The minimum absolute atomic E-state index is 0.655. The van der Waals surface area contributed by atoms with Crippen molar-refractivity contribution in [1.82, 2.24) is 24.7 Å². The first-order chi connectivity index (χ1) is 11.3. The first-order valence-corrected chi connectivity index (χ1v) is 8.45. The van der Waals surface area contributed by atoms with Crippen LogP contribution in [0.5, 0.6) is 0 Å². The average molecular weight is 307 g/mol. The van der Waals surface area contributed by atoms with Gasteiger partial charge in [0, 0.05) is 36.8 Å². The van der Waals surface area contributed by atoms with Crippen LogP contribution in [0.15, 0.2) is 36.9 Å². The topological polar surface area (TPSA) is 47.2 Å². The maximum absolute atomic E-state index is 4.49. The first kappa shape index (κ1) is 13.3. The number of pyridine rings is 1. The van der Waals surface area contributed by atoms with Crippen molar-refractivity contribution in [1.29, 1.82) is 0 Å². The fourth-order valence-corrected chi connectivity index (χ4v) is 4.53. The molecule has 1 saturated heterocycles. The zero-order valence-corrected chi connectivity index (χ0v) is 13.3. The quantitative estimate of drug-likeness (QED) is 0.791. The van der Waals surface area contributed by atoms with Crippen molar-refractivity contribution in [3.8, 4) is 11.1 Å². The van der Waals surface area contributed by atoms with E-state index in [-0.39, 0.29) is 0 Å². The van der Waals surface area contributed by atoms with E-state index >= 15 is 0 Å². The van der Waals surface area contributed by atoms with Gasteiger partial charge in [0.15, 0.2) is 0 Å². The Morgan fingerprint density at radius 1 is 1.09 bits per heavy atom. The SMILES string of the molecule is Cn1cc(-c2cc([C@H]3C[C@H]4CNC[C@H]4C3)c3ccnn3c2)cn1. The van der Waals surface area contributed by atoms with Gasteiger partial charge in [-0.25, -0.2) is 4.52 Å². The summed E-state index contributed by atoms with van der Waals surface area (Å²) in [6.07, 6.45) is 10.6. The number of fused-ring (bicyclic) bond motifs is 2. The van der Waals surface area contributed by atoms with Crippen LogP contribution in [-0.4, -0.2) is 32.5 Å². The molecule has 3 atom stereocenters. The molecular formula is C18H21N5. The lowest BCUT2D eigenvalue weighted by atomic mass is 9.93. The molecular weight excluding hydrogens is 286 g/mol. The lowest BCUT2D eigenvalue weighted by Crippen LogP contribution is -2.11. The van der Waals surface area contributed by atoms with E-state index in [0.29, 0.717) is 5.92 Å². The molecule has 4 heterocycles. The Bertz CT molecular complexity index is 849. The molecule has 1 aliphatic heterocycles. The molecule has 118 valence electrons. The number of aryl methyl sites for hydroxylation is 1. The van der Waals surface area contributed by atoms with E-state index in [1.54, 1.807) is 0 Å². The van der Waals surface area contributed by atoms with Crippen molar-refractivity contribution >= 4 is 5.52 Å². The third-order valence-electron chi connectivity index (χ3n) is 5.67. The van der Waals surface area contributed by atoms with E-state index in [1.165, 1.54) is 42.6 Å². The summed E-state index contributed by atoms with van der Waals surface area (Å²) < 4.78 is 3.89. The van der Waals surface area contributed by atoms with Gasteiger partial charge in [-0.3, -0.25) is 4.68 Å². The van der Waals surface area contributed by atoms with Crippen molar-refractivity contribution in [2.75, 3.05) is 13.1 Å². The van der Waals surface area contributed by atoms with Gasteiger partial charge >= 0.3 is 0 Å². The minimum atomic E-state index is 0.655. The molecule has 1 N–H and O–H groups in total. The molecule has 5 heteroatoms. The molecule has 1 aliphatic carbocycles. The monoisotopic (exact) mass is 307 g/mol. The molecule has 2 fully saturated rings. The van der Waals surface area contributed by atoms with E-state index in [4.69, 9.17) is 0 Å². The summed E-state index contributed by atoms with van der Waals surface area (Å²) in [4.78, 5) is 0. The van der Waals surface area contributed by atoms with Crippen molar-refractivity contribution in [2.24, 2.45) is 18.9 Å². The van der Waals surface area contributed by atoms with Gasteiger partial charge in [-0.1, -0.05) is 0 Å². The Balaban J connectivity index is 1.61. The first-order valence-electron chi connectivity index (χ1n) is 8.45. The van der Waals surface area contributed by atoms with Gasteiger partial charge in [0.1, 0.15) is 0 Å². The van der Waals surface area contributed by atoms with E-state index in [9.17, 15) is 0 Å². The maximum Gasteiger partial charge on any atom is 0.0696 e. The van der Waals surface area contributed by atoms with Gasteiger partial charge in [0.05, 0.1) is 11.7 Å². The van der Waals surface area contributed by atoms with Crippen LogP contribution in [0.2, 0.25) is 0 Å². The summed E-state index contributed by atoms with van der Waals surface area (Å²) in [5, 5.41) is 12.3. The lowest BCUT2D eigenvalue weighted by Gasteiger charge is -2.15. The summed E-state index contributed by atoms with van der Waals surface area (Å²) in [5.41, 5.74) is 5.08. The van der Waals surface area contributed by atoms with E-state index in [1.807, 2.05) is 28.6 Å². The van der Waals surface area contributed by atoms with Crippen LogP contribution in [0.1, 0.15) is 24.3 Å². The third kappa shape index (κ3) is 2.10. The van der Waals surface area contributed by atoms with Gasteiger partial charge < -0.3 is 5.32 Å². The van der Waals surface area contributed by atoms with Crippen molar-refractivity contribution in [3.63, 3.8) is 0 Å². The summed E-state index contributed by atoms with van der Waals surface area (Å²) in [5.74, 6) is 2.36. The highest BCUT2D eigenvalue weighted by molar-refractivity contribution is 5.68. The second-order valence-electron chi connectivity index (χ2n) is 7.09. The fraction of sp³-hybridized carbons (Fsp3) is 0.444. The zero-order chi connectivity index (χ0) is 15.4. The highest BCUT2D eigenvalue weighted by atomic mass is 15.2. The molecule has 0 amide bonds.